The zero-order chi connectivity index (χ0) is 17.1. The number of nitrogens with one attached hydrogen (secondary N) is 1. The molecule has 1 heterocycles. The smallest absolute Gasteiger partial charge is 0.248 e. The van der Waals surface area contributed by atoms with Crippen LogP contribution in [0.2, 0.25) is 5.02 Å². The topological polar surface area (TPSA) is 72.7 Å². The number of halogens is 2. The fourth-order valence-electron chi connectivity index (χ4n) is 2.11. The van der Waals surface area contributed by atoms with Crippen LogP contribution in [0.15, 0.2) is 46.9 Å². The maximum atomic E-state index is 12.1. The third kappa shape index (κ3) is 3.80. The molecule has 2 aromatic carbocycles. The maximum absolute atomic E-state index is 12.1. The molecule has 0 aliphatic rings. The number of tetrazole rings is 1. The van der Waals surface area contributed by atoms with Gasteiger partial charge in [0.1, 0.15) is 6.54 Å². The van der Waals surface area contributed by atoms with Gasteiger partial charge >= 0.3 is 0 Å². The monoisotopic (exact) mass is 405 g/mol. The van der Waals surface area contributed by atoms with Gasteiger partial charge in [0.2, 0.25) is 11.7 Å². The average Bonchev–Trinajstić information content (AvgIpc) is 2.99. The van der Waals surface area contributed by atoms with E-state index >= 15 is 0 Å². The first-order chi connectivity index (χ1) is 11.5. The summed E-state index contributed by atoms with van der Waals surface area (Å²) in [5.74, 6) is 0.146. The third-order valence-electron chi connectivity index (χ3n) is 3.29. The van der Waals surface area contributed by atoms with Gasteiger partial charge in [0.05, 0.1) is 5.02 Å². The molecular formula is C16H13BrClN5O. The van der Waals surface area contributed by atoms with E-state index in [0.717, 1.165) is 10.0 Å². The summed E-state index contributed by atoms with van der Waals surface area (Å²) in [5, 5.41) is 15.4. The van der Waals surface area contributed by atoms with Gasteiger partial charge in [0.25, 0.3) is 0 Å². The number of anilines is 1. The lowest BCUT2D eigenvalue weighted by Gasteiger charge is -2.06. The van der Waals surface area contributed by atoms with Gasteiger partial charge in [0.15, 0.2) is 0 Å². The number of carbonyl (C=O) groups is 1. The molecule has 3 aromatic rings. The lowest BCUT2D eigenvalue weighted by Crippen LogP contribution is -2.20. The highest BCUT2D eigenvalue weighted by Crippen LogP contribution is 2.23. The van der Waals surface area contributed by atoms with E-state index in [9.17, 15) is 4.79 Å². The first kappa shape index (κ1) is 16.6. The number of benzene rings is 2. The van der Waals surface area contributed by atoms with Crippen molar-refractivity contribution >= 4 is 39.1 Å². The van der Waals surface area contributed by atoms with E-state index in [4.69, 9.17) is 11.6 Å². The molecule has 0 bridgehead atoms. The molecule has 1 aromatic heterocycles. The Bertz CT molecular complexity index is 896. The molecule has 6 nitrogen and oxygen atoms in total. The Hall–Kier alpha value is -2.25. The normalized spacial score (nSPS) is 10.6. The van der Waals surface area contributed by atoms with E-state index in [2.05, 4.69) is 36.7 Å². The number of nitrogens with zero attached hydrogens (tertiary/aromatic N) is 4. The Labute approximate surface area is 152 Å². The summed E-state index contributed by atoms with van der Waals surface area (Å²) >= 11 is 9.53. The van der Waals surface area contributed by atoms with E-state index in [-0.39, 0.29) is 12.5 Å². The highest BCUT2D eigenvalue weighted by molar-refractivity contribution is 9.10. The Morgan fingerprint density at radius 2 is 2.08 bits per heavy atom. The summed E-state index contributed by atoms with van der Waals surface area (Å²) in [6.07, 6.45) is 0. The van der Waals surface area contributed by atoms with Gasteiger partial charge in [0, 0.05) is 15.7 Å². The van der Waals surface area contributed by atoms with E-state index in [1.54, 1.807) is 12.1 Å². The SMILES string of the molecule is Cc1cc(NC(=O)Cn2nnc(-c3ccccc3Cl)n2)ccc1Br. The van der Waals surface area contributed by atoms with Crippen LogP contribution < -0.4 is 5.32 Å². The molecule has 0 unspecified atom stereocenters. The lowest BCUT2D eigenvalue weighted by molar-refractivity contribution is -0.117. The quantitative estimate of drug-likeness (QED) is 0.717. The number of aryl methyl sites for hydroxylation is 1. The van der Waals surface area contributed by atoms with E-state index < -0.39 is 0 Å². The zero-order valence-corrected chi connectivity index (χ0v) is 15.0. The Morgan fingerprint density at radius 1 is 1.29 bits per heavy atom. The number of carbonyl (C=O) groups excluding carboxylic acids is 1. The van der Waals surface area contributed by atoms with Crippen molar-refractivity contribution < 1.29 is 4.79 Å². The van der Waals surface area contributed by atoms with Crippen molar-refractivity contribution in [1.82, 2.24) is 20.2 Å². The number of aromatic nitrogens is 4. The molecule has 0 saturated heterocycles. The summed E-state index contributed by atoms with van der Waals surface area (Å²) in [7, 11) is 0. The summed E-state index contributed by atoms with van der Waals surface area (Å²) in [5.41, 5.74) is 2.43. The maximum Gasteiger partial charge on any atom is 0.248 e. The number of hydrogen-bond donors (Lipinski definition) is 1. The minimum atomic E-state index is -0.236. The Kier molecular flexibility index (Phi) is 4.92. The van der Waals surface area contributed by atoms with Gasteiger partial charge in [-0.3, -0.25) is 4.79 Å². The summed E-state index contributed by atoms with van der Waals surface area (Å²) in [4.78, 5) is 13.3. The molecule has 0 aliphatic carbocycles. The van der Waals surface area contributed by atoms with Crippen LogP contribution in [0, 0.1) is 6.92 Å². The first-order valence-corrected chi connectivity index (χ1v) is 8.29. The second kappa shape index (κ2) is 7.11. The predicted molar refractivity (Wildman–Crippen MR) is 95.8 cm³/mol. The molecule has 0 spiro atoms. The highest BCUT2D eigenvalue weighted by Gasteiger charge is 2.12. The Morgan fingerprint density at radius 3 is 2.83 bits per heavy atom. The van der Waals surface area contributed by atoms with Crippen molar-refractivity contribution in [2.45, 2.75) is 13.5 Å². The minimum Gasteiger partial charge on any atom is -0.324 e. The molecule has 0 saturated carbocycles. The zero-order valence-electron chi connectivity index (χ0n) is 12.7. The first-order valence-electron chi connectivity index (χ1n) is 7.11. The molecule has 8 heteroatoms. The third-order valence-corrected chi connectivity index (χ3v) is 4.51. The molecule has 0 fully saturated rings. The van der Waals surface area contributed by atoms with Gasteiger partial charge in [-0.05, 0) is 48.0 Å². The van der Waals surface area contributed by atoms with Gasteiger partial charge < -0.3 is 5.32 Å². The summed E-state index contributed by atoms with van der Waals surface area (Å²) < 4.78 is 0.989. The molecule has 0 atom stereocenters. The van der Waals surface area contributed by atoms with Crippen LogP contribution in [0.4, 0.5) is 5.69 Å². The fraction of sp³-hybridized carbons (Fsp3) is 0.125. The van der Waals surface area contributed by atoms with E-state index in [1.807, 2.05) is 37.3 Å². The van der Waals surface area contributed by atoms with Crippen LogP contribution in [0.1, 0.15) is 5.56 Å². The summed E-state index contributed by atoms with van der Waals surface area (Å²) in [6, 6.07) is 12.8. The molecule has 1 amide bonds. The van der Waals surface area contributed by atoms with E-state index in [1.165, 1.54) is 4.80 Å². The van der Waals surface area contributed by atoms with Crippen LogP contribution in [-0.2, 0) is 11.3 Å². The molecule has 1 N–H and O–H groups in total. The number of rotatable bonds is 4. The van der Waals surface area contributed by atoms with Gasteiger partial charge in [-0.1, -0.05) is 39.7 Å². The van der Waals surface area contributed by atoms with Crippen molar-refractivity contribution in [2.75, 3.05) is 5.32 Å². The van der Waals surface area contributed by atoms with Crippen molar-refractivity contribution in [3.63, 3.8) is 0 Å². The van der Waals surface area contributed by atoms with Gasteiger partial charge in [-0.25, -0.2) is 0 Å². The molecule has 3 rings (SSSR count). The standard InChI is InChI=1S/C16H13BrClN5O/c1-10-8-11(6-7-13(10)17)19-15(24)9-23-21-16(20-22-23)12-4-2-3-5-14(12)18/h2-8H,9H2,1H3,(H,19,24). The second-order valence-electron chi connectivity index (χ2n) is 5.14. The second-order valence-corrected chi connectivity index (χ2v) is 6.40. The van der Waals surface area contributed by atoms with Crippen molar-refractivity contribution in [3.8, 4) is 11.4 Å². The van der Waals surface area contributed by atoms with Crippen molar-refractivity contribution in [2.24, 2.45) is 0 Å². The van der Waals surface area contributed by atoms with Crippen LogP contribution in [0.5, 0.6) is 0 Å². The predicted octanol–water partition coefficient (Wildman–Crippen LogP) is 3.70. The van der Waals surface area contributed by atoms with Crippen LogP contribution in [0.3, 0.4) is 0 Å². The lowest BCUT2D eigenvalue weighted by atomic mass is 10.2. The fourth-order valence-corrected chi connectivity index (χ4v) is 2.58. The largest absolute Gasteiger partial charge is 0.324 e. The minimum absolute atomic E-state index is 0.0352. The molecular weight excluding hydrogens is 394 g/mol. The molecule has 0 radical (unpaired) electrons. The molecule has 0 aliphatic heterocycles. The van der Waals surface area contributed by atoms with Gasteiger partial charge in [-0.15, -0.1) is 10.2 Å². The van der Waals surface area contributed by atoms with Crippen molar-refractivity contribution in [1.29, 1.82) is 0 Å². The summed E-state index contributed by atoms with van der Waals surface area (Å²) in [6.45, 7) is 1.92. The molecule has 24 heavy (non-hydrogen) atoms. The number of amides is 1. The van der Waals surface area contributed by atoms with Crippen LogP contribution in [0.25, 0.3) is 11.4 Å². The van der Waals surface area contributed by atoms with E-state index in [0.29, 0.717) is 22.1 Å². The average molecular weight is 407 g/mol. The Balaban J connectivity index is 1.69. The highest BCUT2D eigenvalue weighted by atomic mass is 79.9. The van der Waals surface area contributed by atoms with Crippen molar-refractivity contribution in [3.05, 3.63) is 57.5 Å². The molecule has 122 valence electrons. The van der Waals surface area contributed by atoms with Crippen LogP contribution in [-0.4, -0.2) is 26.1 Å². The number of hydrogen-bond acceptors (Lipinski definition) is 4. The van der Waals surface area contributed by atoms with Gasteiger partial charge in [-0.2, -0.15) is 4.80 Å². The van der Waals surface area contributed by atoms with Crippen LogP contribution >= 0.6 is 27.5 Å².